The first-order valence-electron chi connectivity index (χ1n) is 4.92. The molecule has 2 N–H and O–H groups in total. The van der Waals surface area contributed by atoms with Gasteiger partial charge in [-0.2, -0.15) is 0 Å². The Balaban J connectivity index is 2.51. The maximum absolute atomic E-state index is 11.9. The minimum atomic E-state index is -1.58. The van der Waals surface area contributed by atoms with Gasteiger partial charge in [0.2, 0.25) is 0 Å². The molecule has 1 aromatic carbocycles. The van der Waals surface area contributed by atoms with Crippen LogP contribution in [0, 0.1) is 0 Å². The molecule has 78 valence electrons. The number of hydrogen-bond donors (Lipinski definition) is 2. The van der Waals surface area contributed by atoms with Crippen molar-refractivity contribution in [3.8, 4) is 0 Å². The minimum absolute atomic E-state index is 0.115. The third kappa shape index (κ3) is 1.54. The molecule has 0 spiro atoms. The van der Waals surface area contributed by atoms with Crippen LogP contribution in [0.3, 0.4) is 0 Å². The van der Waals surface area contributed by atoms with Gasteiger partial charge in [-0.1, -0.05) is 18.2 Å². The third-order valence-corrected chi connectivity index (χ3v) is 2.71. The van der Waals surface area contributed by atoms with Crippen molar-refractivity contribution in [2.75, 3.05) is 6.54 Å². The van der Waals surface area contributed by atoms with Crippen LogP contribution in [-0.2, 0) is 6.54 Å². The van der Waals surface area contributed by atoms with Crippen molar-refractivity contribution in [2.45, 2.75) is 13.5 Å². The molecule has 0 saturated heterocycles. The lowest BCUT2D eigenvalue weighted by Gasteiger charge is -2.11. The zero-order valence-corrected chi connectivity index (χ0v) is 8.47. The van der Waals surface area contributed by atoms with Gasteiger partial charge >= 0.3 is 7.12 Å². The molecule has 2 rings (SSSR count). The summed E-state index contributed by atoms with van der Waals surface area (Å²) in [5.74, 6) is -0.115. The fourth-order valence-corrected chi connectivity index (χ4v) is 1.92. The Kier molecular flexibility index (Phi) is 2.50. The molecule has 1 aliphatic rings. The van der Waals surface area contributed by atoms with E-state index in [1.165, 1.54) is 0 Å². The highest BCUT2D eigenvalue weighted by Gasteiger charge is 2.31. The van der Waals surface area contributed by atoms with Gasteiger partial charge in [-0.15, -0.1) is 0 Å². The summed E-state index contributed by atoms with van der Waals surface area (Å²) in [6, 6.07) is 5.15. The third-order valence-electron chi connectivity index (χ3n) is 2.71. The van der Waals surface area contributed by atoms with E-state index in [4.69, 9.17) is 10.0 Å². The molecule has 0 bridgehead atoms. The van der Waals surface area contributed by atoms with Crippen molar-refractivity contribution in [1.82, 2.24) is 4.90 Å². The van der Waals surface area contributed by atoms with Crippen LogP contribution >= 0.6 is 0 Å². The predicted molar refractivity (Wildman–Crippen MR) is 56.7 cm³/mol. The Bertz CT molecular complexity index is 406. The van der Waals surface area contributed by atoms with Crippen molar-refractivity contribution in [3.05, 3.63) is 29.3 Å². The van der Waals surface area contributed by atoms with Crippen molar-refractivity contribution >= 4 is 18.5 Å². The SMILES string of the molecule is CCN1Cc2cccc(B(O)O)c2C1=O. The summed E-state index contributed by atoms with van der Waals surface area (Å²) in [6.45, 7) is 3.10. The first kappa shape index (κ1) is 10.2. The van der Waals surface area contributed by atoms with E-state index in [1.54, 1.807) is 17.0 Å². The van der Waals surface area contributed by atoms with E-state index >= 15 is 0 Å². The van der Waals surface area contributed by atoms with Crippen LogP contribution in [-0.4, -0.2) is 34.5 Å². The molecule has 0 aliphatic carbocycles. The van der Waals surface area contributed by atoms with E-state index in [0.717, 1.165) is 5.56 Å². The van der Waals surface area contributed by atoms with Gasteiger partial charge in [-0.25, -0.2) is 0 Å². The largest absolute Gasteiger partial charge is 0.489 e. The summed E-state index contributed by atoms with van der Waals surface area (Å²) in [6.07, 6.45) is 0. The van der Waals surface area contributed by atoms with Crippen LogP contribution in [0.1, 0.15) is 22.8 Å². The summed E-state index contributed by atoms with van der Waals surface area (Å²) in [7, 11) is -1.58. The van der Waals surface area contributed by atoms with Crippen LogP contribution < -0.4 is 5.46 Å². The predicted octanol–water partition coefficient (Wildman–Crippen LogP) is -0.658. The summed E-state index contributed by atoms with van der Waals surface area (Å²) in [5, 5.41) is 18.3. The second-order valence-corrected chi connectivity index (χ2v) is 3.57. The normalized spacial score (nSPS) is 14.3. The average Bonchev–Trinajstić information content (AvgIpc) is 2.55. The standard InChI is InChI=1S/C10H12BNO3/c1-2-12-6-7-4-3-5-8(11(14)15)9(7)10(12)13/h3-5,14-15H,2,6H2,1H3. The molecule has 0 aromatic heterocycles. The lowest BCUT2D eigenvalue weighted by molar-refractivity contribution is 0.0787. The van der Waals surface area contributed by atoms with Crippen molar-refractivity contribution in [3.63, 3.8) is 0 Å². The van der Waals surface area contributed by atoms with Crippen molar-refractivity contribution in [1.29, 1.82) is 0 Å². The number of hydrogen-bond acceptors (Lipinski definition) is 3. The molecular formula is C10H12BNO3. The number of nitrogens with zero attached hydrogens (tertiary/aromatic N) is 1. The summed E-state index contributed by atoms with van der Waals surface area (Å²) >= 11 is 0. The molecule has 0 radical (unpaired) electrons. The van der Waals surface area contributed by atoms with Crippen molar-refractivity contribution in [2.24, 2.45) is 0 Å². The fraction of sp³-hybridized carbons (Fsp3) is 0.300. The van der Waals surface area contributed by atoms with Gasteiger partial charge < -0.3 is 14.9 Å². The Labute approximate surface area is 88.3 Å². The van der Waals surface area contributed by atoms with Gasteiger partial charge in [-0.05, 0) is 17.9 Å². The van der Waals surface area contributed by atoms with Crippen LogP contribution in [0.4, 0.5) is 0 Å². The van der Waals surface area contributed by atoms with Gasteiger partial charge in [0.1, 0.15) is 0 Å². The Hall–Kier alpha value is -1.33. The van der Waals surface area contributed by atoms with E-state index in [2.05, 4.69) is 0 Å². The van der Waals surface area contributed by atoms with E-state index in [0.29, 0.717) is 24.1 Å². The molecule has 1 heterocycles. The second-order valence-electron chi connectivity index (χ2n) is 3.57. The molecule has 1 aromatic rings. The van der Waals surface area contributed by atoms with Crippen LogP contribution in [0.25, 0.3) is 0 Å². The van der Waals surface area contributed by atoms with E-state index < -0.39 is 7.12 Å². The van der Waals surface area contributed by atoms with Gasteiger partial charge in [0, 0.05) is 18.7 Å². The first-order valence-corrected chi connectivity index (χ1v) is 4.92. The molecule has 0 atom stereocenters. The second kappa shape index (κ2) is 3.68. The fourth-order valence-electron chi connectivity index (χ4n) is 1.92. The zero-order valence-electron chi connectivity index (χ0n) is 8.47. The number of amides is 1. The molecule has 15 heavy (non-hydrogen) atoms. The number of benzene rings is 1. The van der Waals surface area contributed by atoms with Crippen LogP contribution in [0.5, 0.6) is 0 Å². The van der Waals surface area contributed by atoms with Gasteiger partial charge in [-0.3, -0.25) is 4.79 Å². The molecule has 0 unspecified atom stereocenters. The molecule has 1 aliphatic heterocycles. The minimum Gasteiger partial charge on any atom is -0.423 e. The van der Waals surface area contributed by atoms with Crippen LogP contribution in [0.2, 0.25) is 0 Å². The maximum atomic E-state index is 11.9. The molecule has 0 fully saturated rings. The monoisotopic (exact) mass is 205 g/mol. The number of rotatable bonds is 2. The average molecular weight is 205 g/mol. The Morgan fingerprint density at radius 1 is 1.47 bits per heavy atom. The maximum Gasteiger partial charge on any atom is 0.489 e. The van der Waals surface area contributed by atoms with Gasteiger partial charge in [0.05, 0.1) is 0 Å². The summed E-state index contributed by atoms with van der Waals surface area (Å²) < 4.78 is 0. The smallest absolute Gasteiger partial charge is 0.423 e. The number of carbonyl (C=O) groups excluding carboxylic acids is 1. The highest BCUT2D eigenvalue weighted by Crippen LogP contribution is 2.20. The molecule has 5 heteroatoms. The van der Waals surface area contributed by atoms with E-state index in [-0.39, 0.29) is 5.91 Å². The number of carbonyl (C=O) groups is 1. The molecule has 0 saturated carbocycles. The molecule has 4 nitrogen and oxygen atoms in total. The topological polar surface area (TPSA) is 60.8 Å². The quantitative estimate of drug-likeness (QED) is 0.630. The molecular weight excluding hydrogens is 193 g/mol. The number of fused-ring (bicyclic) bond motifs is 1. The summed E-state index contributed by atoms with van der Waals surface area (Å²) in [5.41, 5.74) is 1.62. The van der Waals surface area contributed by atoms with Crippen LogP contribution in [0.15, 0.2) is 18.2 Å². The molecule has 1 amide bonds. The van der Waals surface area contributed by atoms with E-state index in [9.17, 15) is 4.79 Å². The van der Waals surface area contributed by atoms with E-state index in [1.807, 2.05) is 13.0 Å². The van der Waals surface area contributed by atoms with Gasteiger partial charge in [0.25, 0.3) is 5.91 Å². The summed E-state index contributed by atoms with van der Waals surface area (Å²) in [4.78, 5) is 13.5. The highest BCUT2D eigenvalue weighted by molar-refractivity contribution is 6.60. The lowest BCUT2D eigenvalue weighted by atomic mass is 9.76. The zero-order chi connectivity index (χ0) is 11.0. The first-order chi connectivity index (χ1) is 7.15. The Morgan fingerprint density at radius 2 is 2.20 bits per heavy atom. The highest BCUT2D eigenvalue weighted by atomic mass is 16.4. The van der Waals surface area contributed by atoms with Crippen molar-refractivity contribution < 1.29 is 14.8 Å². The lowest BCUT2D eigenvalue weighted by Crippen LogP contribution is -2.36. The Morgan fingerprint density at radius 3 is 2.80 bits per heavy atom. The van der Waals surface area contributed by atoms with Gasteiger partial charge in [0.15, 0.2) is 0 Å².